The van der Waals surface area contributed by atoms with Crippen molar-refractivity contribution >= 4 is 16.8 Å². The van der Waals surface area contributed by atoms with Crippen LogP contribution in [0, 0.1) is 5.82 Å². The van der Waals surface area contributed by atoms with Gasteiger partial charge in [-0.3, -0.25) is 14.9 Å². The first kappa shape index (κ1) is 19.6. The van der Waals surface area contributed by atoms with E-state index in [0.717, 1.165) is 22.2 Å². The summed E-state index contributed by atoms with van der Waals surface area (Å²) in [7, 11) is 1.72. The third-order valence-electron chi connectivity index (χ3n) is 4.84. The Bertz CT molecular complexity index is 1200. The number of amides is 1. The van der Waals surface area contributed by atoms with Crippen LogP contribution in [0.3, 0.4) is 0 Å². The Morgan fingerprint density at radius 3 is 2.87 bits per heavy atom. The predicted molar refractivity (Wildman–Crippen MR) is 113 cm³/mol. The van der Waals surface area contributed by atoms with Crippen molar-refractivity contribution in [2.75, 3.05) is 13.7 Å². The molecule has 0 saturated heterocycles. The Kier molecular flexibility index (Phi) is 5.43. The summed E-state index contributed by atoms with van der Waals surface area (Å²) in [4.78, 5) is 19.0. The topological polar surface area (TPSA) is 71.1 Å². The summed E-state index contributed by atoms with van der Waals surface area (Å²) in [5.41, 5.74) is 3.47. The fraction of sp³-hybridized carbons (Fsp3) is 0.174. The quantitative estimate of drug-likeness (QED) is 0.516. The number of ether oxygens (including phenoxy) is 1. The number of H-pyrrole nitrogens is 1. The standard InChI is InChI=1S/C23H21FN4O2/c1-3-30-21-12-16(7-8-19(21)15-5-4-6-18(24)11-15)23(29)28(2)14-20-22-17(9-10-25-20)13-26-27-22/h4-13H,3,14H2,1-2H3,(H,26,27). The van der Waals surface area contributed by atoms with E-state index < -0.39 is 0 Å². The van der Waals surface area contributed by atoms with Gasteiger partial charge < -0.3 is 9.64 Å². The van der Waals surface area contributed by atoms with Gasteiger partial charge in [0.25, 0.3) is 5.91 Å². The number of halogens is 1. The Morgan fingerprint density at radius 2 is 2.07 bits per heavy atom. The molecule has 2 aromatic heterocycles. The number of nitrogens with zero attached hydrogens (tertiary/aromatic N) is 3. The fourth-order valence-corrected chi connectivity index (χ4v) is 3.39. The number of aromatic nitrogens is 3. The van der Waals surface area contributed by atoms with E-state index >= 15 is 0 Å². The third kappa shape index (κ3) is 3.87. The molecule has 152 valence electrons. The average Bonchev–Trinajstić information content (AvgIpc) is 3.23. The van der Waals surface area contributed by atoms with Gasteiger partial charge in [-0.25, -0.2) is 4.39 Å². The molecule has 0 radical (unpaired) electrons. The first-order valence-electron chi connectivity index (χ1n) is 9.62. The van der Waals surface area contributed by atoms with Gasteiger partial charge in [-0.1, -0.05) is 12.1 Å². The highest BCUT2D eigenvalue weighted by molar-refractivity contribution is 5.95. The lowest BCUT2D eigenvalue weighted by Crippen LogP contribution is -2.26. The van der Waals surface area contributed by atoms with Crippen molar-refractivity contribution in [3.8, 4) is 16.9 Å². The molecule has 0 atom stereocenters. The lowest BCUT2D eigenvalue weighted by atomic mass is 10.0. The van der Waals surface area contributed by atoms with Crippen molar-refractivity contribution in [2.45, 2.75) is 13.5 Å². The van der Waals surface area contributed by atoms with Crippen LogP contribution in [-0.4, -0.2) is 39.6 Å². The van der Waals surface area contributed by atoms with Crippen LogP contribution < -0.4 is 4.74 Å². The van der Waals surface area contributed by atoms with Gasteiger partial charge in [-0.15, -0.1) is 0 Å². The number of fused-ring (bicyclic) bond motifs is 1. The minimum atomic E-state index is -0.324. The van der Waals surface area contributed by atoms with Crippen LogP contribution >= 0.6 is 0 Å². The van der Waals surface area contributed by atoms with Crippen molar-refractivity contribution in [3.05, 3.63) is 78.0 Å². The second-order valence-electron chi connectivity index (χ2n) is 6.91. The summed E-state index contributed by atoms with van der Waals surface area (Å²) < 4.78 is 19.4. The van der Waals surface area contributed by atoms with Gasteiger partial charge in [0.15, 0.2) is 0 Å². The van der Waals surface area contributed by atoms with Crippen LogP contribution in [0.4, 0.5) is 4.39 Å². The summed E-state index contributed by atoms with van der Waals surface area (Å²) in [6.45, 7) is 2.63. The SMILES string of the molecule is CCOc1cc(C(=O)N(C)Cc2nccc3cn[nH]c23)ccc1-c1cccc(F)c1. The second kappa shape index (κ2) is 8.32. The number of benzene rings is 2. The molecule has 4 aromatic rings. The van der Waals surface area contributed by atoms with Gasteiger partial charge in [0.2, 0.25) is 0 Å². The van der Waals surface area contributed by atoms with Crippen molar-refractivity contribution in [3.63, 3.8) is 0 Å². The van der Waals surface area contributed by atoms with Gasteiger partial charge in [0, 0.05) is 29.8 Å². The molecule has 0 aliphatic carbocycles. The van der Waals surface area contributed by atoms with Crippen LogP contribution in [0.1, 0.15) is 23.0 Å². The van der Waals surface area contributed by atoms with E-state index in [1.807, 2.05) is 19.1 Å². The van der Waals surface area contributed by atoms with E-state index in [1.54, 1.807) is 48.6 Å². The highest BCUT2D eigenvalue weighted by Gasteiger charge is 2.17. The zero-order valence-corrected chi connectivity index (χ0v) is 16.7. The molecule has 30 heavy (non-hydrogen) atoms. The zero-order valence-electron chi connectivity index (χ0n) is 16.7. The summed E-state index contributed by atoms with van der Waals surface area (Å²) in [5, 5.41) is 7.91. The molecule has 0 aliphatic heterocycles. The lowest BCUT2D eigenvalue weighted by Gasteiger charge is -2.18. The molecule has 1 amide bonds. The lowest BCUT2D eigenvalue weighted by molar-refractivity contribution is 0.0783. The van der Waals surface area contributed by atoms with Gasteiger partial charge >= 0.3 is 0 Å². The maximum atomic E-state index is 13.7. The molecular weight excluding hydrogens is 383 g/mol. The molecule has 2 aromatic carbocycles. The van der Waals surface area contributed by atoms with Crippen molar-refractivity contribution < 1.29 is 13.9 Å². The first-order valence-corrected chi connectivity index (χ1v) is 9.62. The van der Waals surface area contributed by atoms with E-state index in [2.05, 4.69) is 15.2 Å². The normalized spacial score (nSPS) is 10.9. The molecule has 0 spiro atoms. The number of hydrogen-bond acceptors (Lipinski definition) is 4. The minimum Gasteiger partial charge on any atom is -0.493 e. The number of carbonyl (C=O) groups excluding carboxylic acids is 1. The second-order valence-corrected chi connectivity index (χ2v) is 6.91. The van der Waals surface area contributed by atoms with E-state index in [1.165, 1.54) is 12.1 Å². The van der Waals surface area contributed by atoms with Crippen molar-refractivity contribution in [1.29, 1.82) is 0 Å². The molecule has 0 unspecified atom stereocenters. The Hall–Kier alpha value is -3.74. The Balaban J connectivity index is 1.62. The number of aromatic amines is 1. The van der Waals surface area contributed by atoms with E-state index in [9.17, 15) is 9.18 Å². The first-order chi connectivity index (χ1) is 14.6. The predicted octanol–water partition coefficient (Wildman–Crippen LogP) is 4.43. The van der Waals surface area contributed by atoms with Crippen LogP contribution in [0.5, 0.6) is 5.75 Å². The highest BCUT2D eigenvalue weighted by atomic mass is 19.1. The van der Waals surface area contributed by atoms with E-state index in [-0.39, 0.29) is 11.7 Å². The van der Waals surface area contributed by atoms with Crippen LogP contribution in [0.15, 0.2) is 60.9 Å². The van der Waals surface area contributed by atoms with Gasteiger partial charge in [-0.05, 0) is 48.9 Å². The van der Waals surface area contributed by atoms with Gasteiger partial charge in [0.05, 0.1) is 30.6 Å². The molecule has 0 fully saturated rings. The molecule has 6 nitrogen and oxygen atoms in total. The number of pyridine rings is 1. The third-order valence-corrected chi connectivity index (χ3v) is 4.84. The molecule has 0 saturated carbocycles. The largest absolute Gasteiger partial charge is 0.493 e. The van der Waals surface area contributed by atoms with Crippen LogP contribution in [0.2, 0.25) is 0 Å². The van der Waals surface area contributed by atoms with Crippen molar-refractivity contribution in [1.82, 2.24) is 20.1 Å². The highest BCUT2D eigenvalue weighted by Crippen LogP contribution is 2.32. The van der Waals surface area contributed by atoms with Crippen LogP contribution in [-0.2, 0) is 6.54 Å². The fourth-order valence-electron chi connectivity index (χ4n) is 3.39. The zero-order chi connectivity index (χ0) is 21.1. The number of nitrogens with one attached hydrogen (secondary N) is 1. The molecule has 1 N–H and O–H groups in total. The summed E-state index contributed by atoms with van der Waals surface area (Å²) >= 11 is 0. The Labute approximate surface area is 173 Å². The van der Waals surface area contributed by atoms with Crippen LogP contribution in [0.25, 0.3) is 22.0 Å². The molecule has 7 heteroatoms. The molecule has 2 heterocycles. The molecular formula is C23H21FN4O2. The summed E-state index contributed by atoms with van der Waals surface area (Å²) in [5.74, 6) is 0.0477. The van der Waals surface area contributed by atoms with E-state index in [4.69, 9.17) is 4.74 Å². The van der Waals surface area contributed by atoms with Gasteiger partial charge in [0.1, 0.15) is 11.6 Å². The Morgan fingerprint density at radius 1 is 1.20 bits per heavy atom. The maximum Gasteiger partial charge on any atom is 0.254 e. The molecule has 0 aliphatic rings. The van der Waals surface area contributed by atoms with Crippen molar-refractivity contribution in [2.24, 2.45) is 0 Å². The average molecular weight is 404 g/mol. The molecule has 0 bridgehead atoms. The number of hydrogen-bond donors (Lipinski definition) is 1. The molecule has 4 rings (SSSR count). The van der Waals surface area contributed by atoms with E-state index in [0.29, 0.717) is 30.0 Å². The monoisotopic (exact) mass is 404 g/mol. The minimum absolute atomic E-state index is 0.167. The summed E-state index contributed by atoms with van der Waals surface area (Å²) in [6, 6.07) is 13.4. The summed E-state index contributed by atoms with van der Waals surface area (Å²) in [6.07, 6.45) is 3.42. The van der Waals surface area contributed by atoms with Gasteiger partial charge in [-0.2, -0.15) is 5.10 Å². The number of rotatable bonds is 6. The maximum absolute atomic E-state index is 13.7. The smallest absolute Gasteiger partial charge is 0.254 e. The number of carbonyl (C=O) groups is 1.